The van der Waals surface area contributed by atoms with Crippen molar-refractivity contribution in [3.05, 3.63) is 83.9 Å². The number of rotatable bonds is 5. The van der Waals surface area contributed by atoms with Gasteiger partial charge in [0.1, 0.15) is 5.75 Å². The van der Waals surface area contributed by atoms with Crippen LogP contribution in [-0.2, 0) is 9.53 Å². The molecule has 2 N–H and O–H groups in total. The number of amides is 1. The van der Waals surface area contributed by atoms with E-state index in [2.05, 4.69) is 5.32 Å². The molecule has 0 aliphatic carbocycles. The first-order valence-electron chi connectivity index (χ1n) is 8.90. The fourth-order valence-electron chi connectivity index (χ4n) is 2.62. The number of carbonyl (C=O) groups is 2. The van der Waals surface area contributed by atoms with Crippen LogP contribution < -0.4 is 5.32 Å². The number of ether oxygens (including phenoxy) is 1. The van der Waals surface area contributed by atoms with Gasteiger partial charge in [0.25, 0.3) is 5.91 Å². The van der Waals surface area contributed by atoms with Crippen LogP contribution in [0.5, 0.6) is 5.75 Å². The molecule has 1 atom stereocenters. The molecule has 3 aromatic carbocycles. The van der Waals surface area contributed by atoms with Crippen LogP contribution in [0.25, 0.3) is 11.1 Å². The van der Waals surface area contributed by atoms with Gasteiger partial charge in [-0.15, -0.1) is 0 Å². The summed E-state index contributed by atoms with van der Waals surface area (Å²) in [4.78, 5) is 24.5. The molecule has 0 aliphatic rings. The molecular weight excluding hydrogens is 354 g/mol. The first-order valence-corrected chi connectivity index (χ1v) is 8.90. The van der Waals surface area contributed by atoms with Crippen molar-refractivity contribution in [2.75, 3.05) is 5.32 Å². The van der Waals surface area contributed by atoms with E-state index in [-0.39, 0.29) is 5.75 Å². The highest BCUT2D eigenvalue weighted by Gasteiger charge is 2.19. The number of nitrogens with one attached hydrogen (secondary N) is 1. The van der Waals surface area contributed by atoms with Crippen molar-refractivity contribution < 1.29 is 19.4 Å². The Morgan fingerprint density at radius 1 is 0.857 bits per heavy atom. The highest BCUT2D eigenvalue weighted by molar-refractivity contribution is 5.97. The van der Waals surface area contributed by atoms with Gasteiger partial charge in [-0.2, -0.15) is 0 Å². The van der Waals surface area contributed by atoms with Gasteiger partial charge in [-0.1, -0.05) is 42.0 Å². The molecule has 0 saturated carbocycles. The van der Waals surface area contributed by atoms with Gasteiger partial charge in [-0.25, -0.2) is 4.79 Å². The molecular formula is C23H21NO4. The monoisotopic (exact) mass is 375 g/mol. The lowest BCUT2D eigenvalue weighted by molar-refractivity contribution is -0.123. The Morgan fingerprint density at radius 3 is 1.96 bits per heavy atom. The third kappa shape index (κ3) is 4.76. The summed E-state index contributed by atoms with van der Waals surface area (Å²) < 4.78 is 5.27. The van der Waals surface area contributed by atoms with Gasteiger partial charge in [-0.05, 0) is 61.4 Å². The van der Waals surface area contributed by atoms with Crippen LogP contribution in [0.15, 0.2) is 72.8 Å². The fourth-order valence-corrected chi connectivity index (χ4v) is 2.62. The Kier molecular flexibility index (Phi) is 5.75. The molecule has 0 fully saturated rings. The van der Waals surface area contributed by atoms with Crippen molar-refractivity contribution in [2.24, 2.45) is 0 Å². The highest BCUT2D eigenvalue weighted by atomic mass is 16.5. The summed E-state index contributed by atoms with van der Waals surface area (Å²) in [5.74, 6) is -0.761. The average Bonchev–Trinajstić information content (AvgIpc) is 2.70. The Balaban J connectivity index is 1.61. The number of phenols is 1. The number of phenolic OH excluding ortho intramolecular Hbond substituents is 1. The van der Waals surface area contributed by atoms with Crippen LogP contribution in [0.3, 0.4) is 0 Å². The summed E-state index contributed by atoms with van der Waals surface area (Å²) in [5.41, 5.74) is 3.92. The van der Waals surface area contributed by atoms with E-state index in [1.165, 1.54) is 6.92 Å². The second-order valence-corrected chi connectivity index (χ2v) is 6.53. The lowest BCUT2D eigenvalue weighted by atomic mass is 10.0. The largest absolute Gasteiger partial charge is 0.508 e. The molecule has 28 heavy (non-hydrogen) atoms. The topological polar surface area (TPSA) is 75.6 Å². The van der Waals surface area contributed by atoms with Crippen molar-refractivity contribution in [3.63, 3.8) is 0 Å². The number of carbonyl (C=O) groups excluding carboxylic acids is 2. The number of hydrogen-bond acceptors (Lipinski definition) is 4. The SMILES string of the molecule is Cc1ccc(NC(=O)[C@H](C)OC(=O)c2ccc(-c3ccc(O)cc3)cc2)cc1. The molecule has 1 amide bonds. The maximum absolute atomic E-state index is 12.3. The van der Waals surface area contributed by atoms with Crippen molar-refractivity contribution in [1.29, 1.82) is 0 Å². The van der Waals surface area contributed by atoms with Crippen LogP contribution >= 0.6 is 0 Å². The Labute approximate surface area is 163 Å². The molecule has 5 nitrogen and oxygen atoms in total. The molecule has 0 aromatic heterocycles. The average molecular weight is 375 g/mol. The van der Waals surface area contributed by atoms with Crippen molar-refractivity contribution in [3.8, 4) is 16.9 Å². The number of hydrogen-bond donors (Lipinski definition) is 2. The highest BCUT2D eigenvalue weighted by Crippen LogP contribution is 2.22. The summed E-state index contributed by atoms with van der Waals surface area (Å²) in [5, 5.41) is 12.1. The van der Waals surface area contributed by atoms with Gasteiger partial charge in [0.15, 0.2) is 6.10 Å². The fraction of sp³-hybridized carbons (Fsp3) is 0.130. The third-order valence-electron chi connectivity index (χ3n) is 4.29. The smallest absolute Gasteiger partial charge is 0.338 e. The summed E-state index contributed by atoms with van der Waals surface area (Å²) in [6.07, 6.45) is -0.925. The van der Waals surface area contributed by atoms with E-state index in [4.69, 9.17) is 4.74 Å². The van der Waals surface area contributed by atoms with Gasteiger partial charge in [0.2, 0.25) is 0 Å². The first kappa shape index (κ1) is 19.2. The predicted molar refractivity (Wildman–Crippen MR) is 108 cm³/mol. The summed E-state index contributed by atoms with van der Waals surface area (Å²) in [6.45, 7) is 3.50. The number of aromatic hydroxyl groups is 1. The van der Waals surface area contributed by atoms with Gasteiger partial charge in [0.05, 0.1) is 5.56 Å². The number of esters is 1. The van der Waals surface area contributed by atoms with Gasteiger partial charge < -0.3 is 15.2 Å². The van der Waals surface area contributed by atoms with Crippen molar-refractivity contribution in [2.45, 2.75) is 20.0 Å². The third-order valence-corrected chi connectivity index (χ3v) is 4.29. The predicted octanol–water partition coefficient (Wildman–Crippen LogP) is 4.55. The van der Waals surface area contributed by atoms with Crippen molar-refractivity contribution >= 4 is 17.6 Å². The quantitative estimate of drug-likeness (QED) is 0.642. The molecule has 3 aromatic rings. The second kappa shape index (κ2) is 8.39. The van der Waals surface area contributed by atoms with E-state index >= 15 is 0 Å². The van der Waals surface area contributed by atoms with E-state index in [1.807, 2.05) is 19.1 Å². The van der Waals surface area contributed by atoms with Crippen LogP contribution in [0.4, 0.5) is 5.69 Å². The molecule has 0 spiro atoms. The van der Waals surface area contributed by atoms with Crippen LogP contribution in [0, 0.1) is 6.92 Å². The standard InChI is InChI=1S/C23H21NO4/c1-15-3-11-20(12-4-15)24-22(26)16(2)28-23(27)19-7-5-17(6-8-19)18-9-13-21(25)14-10-18/h3-14,16,25H,1-2H3,(H,24,26)/t16-/m0/s1. The molecule has 142 valence electrons. The summed E-state index contributed by atoms with van der Waals surface area (Å²) >= 11 is 0. The minimum absolute atomic E-state index is 0.196. The molecule has 3 rings (SSSR count). The molecule has 0 bridgehead atoms. The van der Waals surface area contributed by atoms with E-state index in [0.29, 0.717) is 11.3 Å². The first-order chi connectivity index (χ1) is 13.4. The van der Waals surface area contributed by atoms with E-state index in [9.17, 15) is 14.7 Å². The number of benzene rings is 3. The lowest BCUT2D eigenvalue weighted by Gasteiger charge is -2.14. The molecule has 0 unspecified atom stereocenters. The minimum Gasteiger partial charge on any atom is -0.508 e. The van der Waals surface area contributed by atoms with Gasteiger partial charge in [0, 0.05) is 5.69 Å². The van der Waals surface area contributed by atoms with E-state index in [1.54, 1.807) is 60.7 Å². The van der Waals surface area contributed by atoms with E-state index in [0.717, 1.165) is 16.7 Å². The van der Waals surface area contributed by atoms with Gasteiger partial charge in [-0.3, -0.25) is 4.79 Å². The maximum Gasteiger partial charge on any atom is 0.338 e. The normalized spacial score (nSPS) is 11.5. The zero-order valence-corrected chi connectivity index (χ0v) is 15.7. The van der Waals surface area contributed by atoms with Crippen LogP contribution in [0.2, 0.25) is 0 Å². The molecule has 0 radical (unpaired) electrons. The lowest BCUT2D eigenvalue weighted by Crippen LogP contribution is -2.30. The van der Waals surface area contributed by atoms with E-state index < -0.39 is 18.0 Å². The zero-order valence-electron chi connectivity index (χ0n) is 15.7. The summed E-state index contributed by atoms with van der Waals surface area (Å²) in [6, 6.07) is 21.0. The van der Waals surface area contributed by atoms with Crippen LogP contribution in [0.1, 0.15) is 22.8 Å². The Morgan fingerprint density at radius 2 is 1.39 bits per heavy atom. The second-order valence-electron chi connectivity index (χ2n) is 6.53. The molecule has 0 aliphatic heterocycles. The number of anilines is 1. The molecule has 0 saturated heterocycles. The Bertz CT molecular complexity index is 961. The number of aryl methyl sites for hydroxylation is 1. The molecule has 0 heterocycles. The maximum atomic E-state index is 12.3. The summed E-state index contributed by atoms with van der Waals surface area (Å²) in [7, 11) is 0. The van der Waals surface area contributed by atoms with Crippen LogP contribution in [-0.4, -0.2) is 23.1 Å². The molecule has 5 heteroatoms. The Hall–Kier alpha value is -3.60. The van der Waals surface area contributed by atoms with Crippen molar-refractivity contribution in [1.82, 2.24) is 0 Å². The van der Waals surface area contributed by atoms with Gasteiger partial charge >= 0.3 is 5.97 Å². The zero-order chi connectivity index (χ0) is 20.1. The minimum atomic E-state index is -0.925.